The smallest absolute Gasteiger partial charge is 0.258 e. The van der Waals surface area contributed by atoms with Crippen LogP contribution in [0.2, 0.25) is 0 Å². The number of ether oxygens (including phenoxy) is 2. The molecule has 1 aliphatic rings. The van der Waals surface area contributed by atoms with Crippen molar-refractivity contribution in [2.24, 2.45) is 0 Å². The van der Waals surface area contributed by atoms with Gasteiger partial charge in [-0.15, -0.1) is 0 Å². The van der Waals surface area contributed by atoms with Crippen molar-refractivity contribution < 1.29 is 18.8 Å². The Balaban J connectivity index is 1.61. The summed E-state index contributed by atoms with van der Waals surface area (Å²) >= 11 is 0. The average Bonchev–Trinajstić information content (AvgIpc) is 3.43. The van der Waals surface area contributed by atoms with E-state index in [9.17, 15) is 4.79 Å². The first kappa shape index (κ1) is 19.0. The molecule has 2 aromatic carbocycles. The van der Waals surface area contributed by atoms with E-state index in [0.717, 1.165) is 29.7 Å². The van der Waals surface area contributed by atoms with Crippen molar-refractivity contribution in [1.29, 1.82) is 0 Å². The highest BCUT2D eigenvalue weighted by atomic mass is 16.5. The van der Waals surface area contributed by atoms with Gasteiger partial charge in [-0.3, -0.25) is 4.79 Å². The molecule has 2 heterocycles. The Bertz CT molecular complexity index is 1030. The van der Waals surface area contributed by atoms with Crippen molar-refractivity contribution in [2.75, 3.05) is 20.8 Å². The summed E-state index contributed by atoms with van der Waals surface area (Å²) in [5.41, 5.74) is 2.34. The van der Waals surface area contributed by atoms with Gasteiger partial charge in [0.15, 0.2) is 5.82 Å². The Kier molecular flexibility index (Phi) is 5.20. The van der Waals surface area contributed by atoms with Gasteiger partial charge in [-0.1, -0.05) is 17.3 Å². The zero-order valence-electron chi connectivity index (χ0n) is 16.7. The van der Waals surface area contributed by atoms with Gasteiger partial charge in [0.2, 0.25) is 0 Å². The van der Waals surface area contributed by atoms with Crippen LogP contribution < -0.4 is 9.47 Å². The third kappa shape index (κ3) is 3.55. The summed E-state index contributed by atoms with van der Waals surface area (Å²) in [4.78, 5) is 19.5. The lowest BCUT2D eigenvalue weighted by Gasteiger charge is -2.22. The number of amides is 1. The van der Waals surface area contributed by atoms with Gasteiger partial charge >= 0.3 is 0 Å². The maximum atomic E-state index is 13.1. The predicted octanol–water partition coefficient (Wildman–Crippen LogP) is 4.04. The van der Waals surface area contributed by atoms with Gasteiger partial charge in [-0.25, -0.2) is 0 Å². The van der Waals surface area contributed by atoms with E-state index in [1.807, 2.05) is 42.2 Å². The van der Waals surface area contributed by atoms with Gasteiger partial charge in [-0.05, 0) is 50.1 Å². The molecule has 150 valence electrons. The monoisotopic (exact) mass is 393 g/mol. The molecule has 0 N–H and O–H groups in total. The van der Waals surface area contributed by atoms with E-state index >= 15 is 0 Å². The summed E-state index contributed by atoms with van der Waals surface area (Å²) in [6, 6.07) is 12.7. The molecule has 4 rings (SSSR count). The maximum absolute atomic E-state index is 13.1. The lowest BCUT2D eigenvalue weighted by molar-refractivity contribution is 0.0728. The van der Waals surface area contributed by atoms with Crippen molar-refractivity contribution in [3.8, 4) is 23.0 Å². The molecule has 0 bridgehead atoms. The number of benzene rings is 2. The lowest BCUT2D eigenvalue weighted by Crippen LogP contribution is -2.31. The molecule has 7 heteroatoms. The topological polar surface area (TPSA) is 77.7 Å². The summed E-state index contributed by atoms with van der Waals surface area (Å²) < 4.78 is 16.2. The van der Waals surface area contributed by atoms with Crippen LogP contribution in [0.15, 0.2) is 47.0 Å². The molecule has 3 aromatic rings. The van der Waals surface area contributed by atoms with E-state index < -0.39 is 0 Å². The highest BCUT2D eigenvalue weighted by molar-refractivity contribution is 5.95. The van der Waals surface area contributed by atoms with Crippen LogP contribution in [0, 0.1) is 6.92 Å². The minimum atomic E-state index is -0.211. The summed E-state index contributed by atoms with van der Waals surface area (Å²) in [7, 11) is 3.22. The van der Waals surface area contributed by atoms with Gasteiger partial charge in [-0.2, -0.15) is 4.98 Å². The first-order valence-electron chi connectivity index (χ1n) is 9.55. The number of likely N-dealkylation sites (tertiary alicyclic amines) is 1. The molecule has 0 radical (unpaired) electrons. The molecule has 1 amide bonds. The highest BCUT2D eigenvalue weighted by Gasteiger charge is 2.34. The van der Waals surface area contributed by atoms with E-state index in [-0.39, 0.29) is 11.9 Å². The van der Waals surface area contributed by atoms with Crippen LogP contribution in [0.3, 0.4) is 0 Å². The number of carbonyl (C=O) groups excluding carboxylic acids is 1. The number of hydrogen-bond acceptors (Lipinski definition) is 6. The number of hydrogen-bond donors (Lipinski definition) is 0. The third-order valence-corrected chi connectivity index (χ3v) is 5.30. The Morgan fingerprint density at radius 3 is 2.79 bits per heavy atom. The molecule has 7 nitrogen and oxygen atoms in total. The predicted molar refractivity (Wildman–Crippen MR) is 107 cm³/mol. The number of aromatic nitrogens is 2. The lowest BCUT2D eigenvalue weighted by atomic mass is 10.1. The van der Waals surface area contributed by atoms with Crippen LogP contribution in [0.1, 0.15) is 40.6 Å². The standard InChI is InChI=1S/C22H23N3O4/c1-14-17(9-5-11-19(14)28-3)21-23-20(24-29-21)18-10-6-12-25(18)22(26)15-7-4-8-16(13-15)27-2/h4-5,7-9,11,13,18H,6,10,12H2,1-3H3/t18-/m0/s1. The van der Waals surface area contributed by atoms with Crippen molar-refractivity contribution in [3.05, 3.63) is 59.4 Å². The summed E-state index contributed by atoms with van der Waals surface area (Å²) in [5, 5.41) is 4.19. The summed E-state index contributed by atoms with van der Waals surface area (Å²) in [6.07, 6.45) is 1.69. The molecule has 1 aromatic heterocycles. The second kappa shape index (κ2) is 7.95. The van der Waals surface area contributed by atoms with Crippen LogP contribution in [0.5, 0.6) is 11.5 Å². The summed E-state index contributed by atoms with van der Waals surface area (Å²) in [6.45, 7) is 2.61. The minimum Gasteiger partial charge on any atom is -0.497 e. The van der Waals surface area contributed by atoms with Crippen molar-refractivity contribution >= 4 is 5.91 Å². The Hall–Kier alpha value is -3.35. The minimum absolute atomic E-state index is 0.0599. The van der Waals surface area contributed by atoms with E-state index in [0.29, 0.717) is 29.6 Å². The zero-order chi connectivity index (χ0) is 20.4. The first-order valence-corrected chi connectivity index (χ1v) is 9.55. The molecule has 0 unspecified atom stereocenters. The molecule has 1 atom stereocenters. The fraction of sp³-hybridized carbons (Fsp3) is 0.318. The van der Waals surface area contributed by atoms with Gasteiger partial charge in [0.05, 0.1) is 20.3 Å². The highest BCUT2D eigenvalue weighted by Crippen LogP contribution is 2.34. The quantitative estimate of drug-likeness (QED) is 0.651. The second-order valence-corrected chi connectivity index (χ2v) is 6.98. The van der Waals surface area contributed by atoms with Gasteiger partial charge in [0, 0.05) is 23.2 Å². The number of nitrogens with zero attached hydrogens (tertiary/aromatic N) is 3. The van der Waals surface area contributed by atoms with Crippen LogP contribution >= 0.6 is 0 Å². The van der Waals surface area contributed by atoms with E-state index in [4.69, 9.17) is 14.0 Å². The third-order valence-electron chi connectivity index (χ3n) is 5.30. The van der Waals surface area contributed by atoms with Crippen LogP contribution in [-0.4, -0.2) is 41.7 Å². The first-order chi connectivity index (χ1) is 14.1. The van der Waals surface area contributed by atoms with Crippen LogP contribution in [0.4, 0.5) is 0 Å². The Labute approximate surface area is 169 Å². The van der Waals surface area contributed by atoms with Crippen molar-refractivity contribution in [3.63, 3.8) is 0 Å². The molecule has 0 spiro atoms. The zero-order valence-corrected chi connectivity index (χ0v) is 16.7. The number of methoxy groups -OCH3 is 2. The van der Waals surface area contributed by atoms with Crippen LogP contribution in [-0.2, 0) is 0 Å². The van der Waals surface area contributed by atoms with E-state index in [1.54, 1.807) is 26.4 Å². The molecule has 0 saturated carbocycles. The SMILES string of the molecule is COc1cccc(C(=O)N2CCC[C@H]2c2noc(-c3cccc(OC)c3C)n2)c1. The van der Waals surface area contributed by atoms with Crippen molar-refractivity contribution in [2.45, 2.75) is 25.8 Å². The Morgan fingerprint density at radius 2 is 2.00 bits per heavy atom. The van der Waals surface area contributed by atoms with Gasteiger partial charge in [0.1, 0.15) is 11.5 Å². The normalized spacial score (nSPS) is 16.1. The molecule has 1 saturated heterocycles. The van der Waals surface area contributed by atoms with Gasteiger partial charge < -0.3 is 18.9 Å². The Morgan fingerprint density at radius 1 is 1.17 bits per heavy atom. The number of rotatable bonds is 5. The maximum Gasteiger partial charge on any atom is 0.258 e. The molecule has 1 fully saturated rings. The fourth-order valence-electron chi connectivity index (χ4n) is 3.75. The van der Waals surface area contributed by atoms with E-state index in [1.165, 1.54) is 0 Å². The van der Waals surface area contributed by atoms with Crippen LogP contribution in [0.25, 0.3) is 11.5 Å². The second-order valence-electron chi connectivity index (χ2n) is 6.98. The molecular weight excluding hydrogens is 370 g/mol. The number of carbonyl (C=O) groups is 1. The fourth-order valence-corrected chi connectivity index (χ4v) is 3.75. The molecular formula is C22H23N3O4. The summed E-state index contributed by atoms with van der Waals surface area (Å²) in [5.74, 6) is 2.31. The molecule has 29 heavy (non-hydrogen) atoms. The van der Waals surface area contributed by atoms with Gasteiger partial charge in [0.25, 0.3) is 11.8 Å². The average molecular weight is 393 g/mol. The molecule has 0 aliphatic carbocycles. The van der Waals surface area contributed by atoms with E-state index in [2.05, 4.69) is 10.1 Å². The molecule has 1 aliphatic heterocycles. The largest absolute Gasteiger partial charge is 0.497 e. The van der Waals surface area contributed by atoms with Crippen molar-refractivity contribution in [1.82, 2.24) is 15.0 Å².